The second kappa shape index (κ2) is 6.60. The molecule has 1 aliphatic carbocycles. The van der Waals surface area contributed by atoms with E-state index in [4.69, 9.17) is 0 Å². The number of pyridine rings is 2. The third-order valence-electron chi connectivity index (χ3n) is 4.66. The van der Waals surface area contributed by atoms with Crippen LogP contribution in [0.3, 0.4) is 0 Å². The van der Waals surface area contributed by atoms with Crippen LogP contribution < -0.4 is 5.32 Å². The van der Waals surface area contributed by atoms with E-state index in [0.717, 1.165) is 11.2 Å². The number of carbonyl (C=O) groups excluding carboxylic acids is 1. The number of H-pyrrole nitrogens is 1. The summed E-state index contributed by atoms with van der Waals surface area (Å²) in [7, 11) is 0. The zero-order valence-electron chi connectivity index (χ0n) is 13.6. The van der Waals surface area contributed by atoms with Crippen LogP contribution in [0.5, 0.6) is 0 Å². The maximum Gasteiger partial charge on any atom is 0.287 e. The summed E-state index contributed by atoms with van der Waals surface area (Å²) in [4.78, 5) is 28.4. The molecule has 3 heterocycles. The molecule has 3 N–H and O–H groups in total. The molecule has 0 aromatic carbocycles. The van der Waals surface area contributed by atoms with Crippen molar-refractivity contribution < 1.29 is 9.90 Å². The first-order chi connectivity index (χ1) is 12.2. The molecule has 3 aromatic rings. The summed E-state index contributed by atoms with van der Waals surface area (Å²) in [6.45, 7) is 0. The number of aliphatic hydroxyl groups is 1. The van der Waals surface area contributed by atoms with E-state index in [0.29, 0.717) is 24.9 Å². The Hall–Kier alpha value is -2.80. The predicted octanol–water partition coefficient (Wildman–Crippen LogP) is 1.46. The average Bonchev–Trinajstić information content (AvgIpc) is 3.04. The van der Waals surface area contributed by atoms with Crippen LogP contribution in [0.4, 0.5) is 0 Å². The molecule has 1 amide bonds. The van der Waals surface area contributed by atoms with Gasteiger partial charge in [-0.25, -0.2) is 9.97 Å². The van der Waals surface area contributed by atoms with Gasteiger partial charge in [0.15, 0.2) is 11.5 Å². The van der Waals surface area contributed by atoms with E-state index in [2.05, 4.69) is 25.3 Å². The smallest absolute Gasteiger partial charge is 0.287 e. The fourth-order valence-electron chi connectivity index (χ4n) is 3.23. The molecule has 0 unspecified atom stereocenters. The molecule has 0 aliphatic heterocycles. The molecular weight excluding hydrogens is 318 g/mol. The van der Waals surface area contributed by atoms with Gasteiger partial charge in [0, 0.05) is 30.6 Å². The van der Waals surface area contributed by atoms with Crippen LogP contribution in [0.2, 0.25) is 0 Å². The molecular formula is C18H19N5O2. The van der Waals surface area contributed by atoms with Crippen molar-refractivity contribution in [2.24, 2.45) is 5.92 Å². The Bertz CT molecular complexity index is 840. The van der Waals surface area contributed by atoms with Gasteiger partial charge >= 0.3 is 0 Å². The molecule has 0 saturated heterocycles. The summed E-state index contributed by atoms with van der Waals surface area (Å²) in [5.41, 5.74) is 2.17. The van der Waals surface area contributed by atoms with Gasteiger partial charge in [0.05, 0.1) is 11.6 Å². The van der Waals surface area contributed by atoms with Gasteiger partial charge in [-0.05, 0) is 43.0 Å². The van der Waals surface area contributed by atoms with Gasteiger partial charge in [0.25, 0.3) is 5.91 Å². The standard InChI is InChI=1S/C18H19N5O2/c24-13-8-11(9-13)15(10-12-4-1-2-6-19-12)22-18(25)17-21-14-5-3-7-20-16(14)23-17/h1-7,11,13,15,24H,8-10H2,(H,22,25)(H,20,21,23)/t11?,13?,15-/m1/s1. The van der Waals surface area contributed by atoms with Gasteiger partial charge in [-0.15, -0.1) is 0 Å². The van der Waals surface area contributed by atoms with Crippen LogP contribution >= 0.6 is 0 Å². The summed E-state index contributed by atoms with van der Waals surface area (Å²) in [6, 6.07) is 9.28. The molecule has 0 radical (unpaired) electrons. The molecule has 7 heteroatoms. The quantitative estimate of drug-likeness (QED) is 0.654. The van der Waals surface area contributed by atoms with E-state index in [9.17, 15) is 9.90 Å². The molecule has 1 saturated carbocycles. The third kappa shape index (κ3) is 3.36. The highest BCUT2D eigenvalue weighted by molar-refractivity contribution is 5.93. The Morgan fingerprint density at radius 2 is 2.08 bits per heavy atom. The van der Waals surface area contributed by atoms with Crippen molar-refractivity contribution >= 4 is 17.1 Å². The number of hydrogen-bond acceptors (Lipinski definition) is 5. The van der Waals surface area contributed by atoms with Crippen molar-refractivity contribution in [2.45, 2.75) is 31.4 Å². The summed E-state index contributed by atoms with van der Waals surface area (Å²) >= 11 is 0. The largest absolute Gasteiger partial charge is 0.393 e. The van der Waals surface area contributed by atoms with Gasteiger partial charge in [-0.1, -0.05) is 6.07 Å². The molecule has 7 nitrogen and oxygen atoms in total. The number of nitrogens with zero attached hydrogens (tertiary/aromatic N) is 3. The maximum absolute atomic E-state index is 12.6. The molecule has 128 valence electrons. The second-order valence-electron chi connectivity index (χ2n) is 6.45. The third-order valence-corrected chi connectivity index (χ3v) is 4.66. The Labute approximate surface area is 144 Å². The Kier molecular flexibility index (Phi) is 4.15. The molecule has 1 atom stereocenters. The van der Waals surface area contributed by atoms with Gasteiger partial charge < -0.3 is 15.4 Å². The zero-order chi connectivity index (χ0) is 17.2. The van der Waals surface area contributed by atoms with E-state index in [1.165, 1.54) is 0 Å². The molecule has 1 aliphatic rings. The SMILES string of the molecule is O=C(N[C@H](Cc1ccccn1)C1CC(O)C1)c1nc2ncccc2[nH]1. The van der Waals surface area contributed by atoms with Gasteiger partial charge in [-0.3, -0.25) is 9.78 Å². The normalized spacial score (nSPS) is 20.8. The van der Waals surface area contributed by atoms with Crippen LogP contribution in [0, 0.1) is 5.92 Å². The summed E-state index contributed by atoms with van der Waals surface area (Å²) in [5.74, 6) is 0.225. The van der Waals surface area contributed by atoms with Crippen molar-refractivity contribution in [2.75, 3.05) is 0 Å². The van der Waals surface area contributed by atoms with E-state index in [1.807, 2.05) is 24.3 Å². The predicted molar refractivity (Wildman–Crippen MR) is 91.8 cm³/mol. The van der Waals surface area contributed by atoms with Crippen molar-refractivity contribution in [3.63, 3.8) is 0 Å². The average molecular weight is 337 g/mol. The number of aliphatic hydroxyl groups excluding tert-OH is 1. The first kappa shape index (κ1) is 15.7. The number of imidazole rings is 1. The Morgan fingerprint density at radius 3 is 2.80 bits per heavy atom. The lowest BCUT2D eigenvalue weighted by Gasteiger charge is -2.37. The molecule has 0 bridgehead atoms. The van der Waals surface area contributed by atoms with Crippen LogP contribution in [0.25, 0.3) is 11.2 Å². The highest BCUT2D eigenvalue weighted by atomic mass is 16.3. The lowest BCUT2D eigenvalue weighted by atomic mass is 9.76. The Balaban J connectivity index is 1.51. The van der Waals surface area contributed by atoms with E-state index < -0.39 is 0 Å². The number of nitrogens with one attached hydrogen (secondary N) is 2. The minimum atomic E-state index is -0.275. The minimum absolute atomic E-state index is 0.0908. The molecule has 3 aromatic heterocycles. The van der Waals surface area contributed by atoms with Crippen LogP contribution in [0.15, 0.2) is 42.7 Å². The van der Waals surface area contributed by atoms with Crippen molar-refractivity contribution in [1.29, 1.82) is 0 Å². The fraction of sp³-hybridized carbons (Fsp3) is 0.333. The van der Waals surface area contributed by atoms with Crippen molar-refractivity contribution in [3.05, 3.63) is 54.2 Å². The summed E-state index contributed by atoms with van der Waals surface area (Å²) in [5, 5.41) is 12.7. The van der Waals surface area contributed by atoms with Crippen molar-refractivity contribution in [3.8, 4) is 0 Å². The molecule has 1 fully saturated rings. The lowest BCUT2D eigenvalue weighted by molar-refractivity contribution is 0.0237. The molecule has 0 spiro atoms. The zero-order valence-corrected chi connectivity index (χ0v) is 13.6. The van der Waals surface area contributed by atoms with Gasteiger partial charge in [0.2, 0.25) is 0 Å². The molecule has 4 rings (SSSR count). The highest BCUT2D eigenvalue weighted by Crippen LogP contribution is 2.31. The van der Waals surface area contributed by atoms with E-state index >= 15 is 0 Å². The number of fused-ring (bicyclic) bond motifs is 1. The number of amides is 1. The number of carbonyl (C=O) groups is 1. The maximum atomic E-state index is 12.6. The fourth-order valence-corrected chi connectivity index (χ4v) is 3.23. The topological polar surface area (TPSA) is 104 Å². The van der Waals surface area contributed by atoms with E-state index in [1.54, 1.807) is 18.5 Å². The summed E-state index contributed by atoms with van der Waals surface area (Å²) in [6.07, 6.45) is 5.13. The Morgan fingerprint density at radius 1 is 1.24 bits per heavy atom. The van der Waals surface area contributed by atoms with Crippen LogP contribution in [-0.2, 0) is 6.42 Å². The van der Waals surface area contributed by atoms with Crippen LogP contribution in [-0.4, -0.2) is 43.1 Å². The summed E-state index contributed by atoms with van der Waals surface area (Å²) < 4.78 is 0. The number of aromatic nitrogens is 4. The first-order valence-corrected chi connectivity index (χ1v) is 8.38. The second-order valence-corrected chi connectivity index (χ2v) is 6.45. The van der Waals surface area contributed by atoms with Crippen molar-refractivity contribution in [1.82, 2.24) is 25.3 Å². The number of hydrogen-bond donors (Lipinski definition) is 3. The minimum Gasteiger partial charge on any atom is -0.393 e. The van der Waals surface area contributed by atoms with E-state index in [-0.39, 0.29) is 29.8 Å². The number of rotatable bonds is 5. The monoisotopic (exact) mass is 337 g/mol. The molecule has 25 heavy (non-hydrogen) atoms. The van der Waals surface area contributed by atoms with Gasteiger partial charge in [0.1, 0.15) is 0 Å². The lowest BCUT2D eigenvalue weighted by Crippen LogP contribution is -2.48. The number of aromatic amines is 1. The van der Waals surface area contributed by atoms with Crippen LogP contribution in [0.1, 0.15) is 29.2 Å². The highest BCUT2D eigenvalue weighted by Gasteiger charge is 2.35. The first-order valence-electron chi connectivity index (χ1n) is 8.38. The van der Waals surface area contributed by atoms with Gasteiger partial charge in [-0.2, -0.15) is 0 Å².